The molecule has 0 radical (unpaired) electrons. The number of piperidine rings is 2. The van der Waals surface area contributed by atoms with Crippen LogP contribution in [0.15, 0.2) is 36.5 Å². The van der Waals surface area contributed by atoms with Crippen molar-refractivity contribution in [1.82, 2.24) is 9.88 Å². The van der Waals surface area contributed by atoms with Crippen LogP contribution in [0.2, 0.25) is 0 Å². The zero-order valence-electron chi connectivity index (χ0n) is 18.1. The van der Waals surface area contributed by atoms with Crippen LogP contribution in [0.5, 0.6) is 5.75 Å². The van der Waals surface area contributed by atoms with Crippen LogP contribution in [0.4, 0.5) is 10.1 Å². The van der Waals surface area contributed by atoms with Crippen molar-refractivity contribution in [2.75, 3.05) is 31.1 Å². The largest absolute Gasteiger partial charge is 0.487 e. The van der Waals surface area contributed by atoms with E-state index in [0.29, 0.717) is 18.8 Å². The van der Waals surface area contributed by atoms with Crippen molar-refractivity contribution in [3.8, 4) is 5.75 Å². The Balaban J connectivity index is 1.20. The molecule has 3 aliphatic heterocycles. The van der Waals surface area contributed by atoms with Crippen molar-refractivity contribution in [3.63, 3.8) is 0 Å². The average Bonchev–Trinajstić information content (AvgIpc) is 2.80. The topological polar surface area (TPSA) is 45.7 Å². The first kappa shape index (κ1) is 20.3. The van der Waals surface area contributed by atoms with Gasteiger partial charge in [0, 0.05) is 39.0 Å². The lowest BCUT2D eigenvalue weighted by Crippen LogP contribution is -2.51. The quantitative estimate of drug-likeness (QED) is 0.716. The number of anilines is 1. The van der Waals surface area contributed by atoms with Gasteiger partial charge in [-0.3, -0.25) is 4.79 Å². The number of nitrogens with zero attached hydrogens (tertiary/aromatic N) is 3. The van der Waals surface area contributed by atoms with Crippen LogP contribution < -0.4 is 9.64 Å². The summed E-state index contributed by atoms with van der Waals surface area (Å²) in [5.41, 5.74) is 2.31. The molecule has 0 saturated carbocycles. The molecule has 0 unspecified atom stereocenters. The summed E-state index contributed by atoms with van der Waals surface area (Å²) < 4.78 is 19.8. The number of fused-ring (bicyclic) bond motifs is 1. The molecule has 31 heavy (non-hydrogen) atoms. The highest BCUT2D eigenvalue weighted by Gasteiger charge is 2.40. The van der Waals surface area contributed by atoms with E-state index >= 15 is 0 Å². The van der Waals surface area contributed by atoms with E-state index in [4.69, 9.17) is 4.74 Å². The van der Waals surface area contributed by atoms with E-state index in [2.05, 4.69) is 16.8 Å². The molecular weight excluding hydrogens is 393 g/mol. The summed E-state index contributed by atoms with van der Waals surface area (Å²) in [6.07, 6.45) is 7.52. The van der Waals surface area contributed by atoms with E-state index in [9.17, 15) is 9.18 Å². The van der Waals surface area contributed by atoms with Gasteiger partial charge in [0.05, 0.1) is 11.9 Å². The molecule has 2 aromatic rings. The second kappa shape index (κ2) is 8.13. The third kappa shape index (κ3) is 4.12. The maximum atomic E-state index is 13.5. The molecule has 0 N–H and O–H groups in total. The number of hydrogen-bond acceptors (Lipinski definition) is 4. The second-order valence-electron chi connectivity index (χ2n) is 9.40. The monoisotopic (exact) mass is 423 g/mol. The van der Waals surface area contributed by atoms with Crippen molar-refractivity contribution in [3.05, 3.63) is 53.6 Å². The Kier molecular flexibility index (Phi) is 5.32. The number of amides is 1. The summed E-state index contributed by atoms with van der Waals surface area (Å²) in [7, 11) is 0. The maximum Gasteiger partial charge on any atom is 0.272 e. The molecule has 6 heteroatoms. The van der Waals surface area contributed by atoms with Gasteiger partial charge in [-0.15, -0.1) is 0 Å². The first-order valence-electron chi connectivity index (χ1n) is 11.5. The lowest BCUT2D eigenvalue weighted by Gasteiger charge is -2.44. The number of rotatable bonds is 2. The van der Waals surface area contributed by atoms with Crippen LogP contribution in [0.3, 0.4) is 0 Å². The van der Waals surface area contributed by atoms with Gasteiger partial charge in [-0.25, -0.2) is 9.37 Å². The fourth-order valence-electron chi connectivity index (χ4n) is 5.09. The standard InChI is InChI=1S/C25H30FN3O2/c1-18-7-12-28(13-8-18)21-3-4-22(27-17-21)24(30)29-14-10-25(11-15-29)9-6-19-16-20(26)2-5-23(19)31-25/h2-5,16-18H,6-15H2,1H3. The molecule has 1 aromatic carbocycles. The number of halogens is 1. The maximum absolute atomic E-state index is 13.5. The van der Waals surface area contributed by atoms with Crippen molar-refractivity contribution in [2.45, 2.75) is 51.0 Å². The Morgan fingerprint density at radius 1 is 1.10 bits per heavy atom. The predicted molar refractivity (Wildman–Crippen MR) is 118 cm³/mol. The molecule has 4 heterocycles. The van der Waals surface area contributed by atoms with Gasteiger partial charge in [-0.05, 0) is 67.5 Å². The minimum Gasteiger partial charge on any atom is -0.487 e. The van der Waals surface area contributed by atoms with Crippen LogP contribution in [-0.2, 0) is 6.42 Å². The molecular formula is C25H30FN3O2. The van der Waals surface area contributed by atoms with Crippen molar-refractivity contribution < 1.29 is 13.9 Å². The van der Waals surface area contributed by atoms with Gasteiger partial charge in [-0.2, -0.15) is 0 Å². The Morgan fingerprint density at radius 3 is 2.58 bits per heavy atom. The van der Waals surface area contributed by atoms with Crippen molar-refractivity contribution in [1.29, 1.82) is 0 Å². The van der Waals surface area contributed by atoms with Gasteiger partial charge in [-0.1, -0.05) is 6.92 Å². The summed E-state index contributed by atoms with van der Waals surface area (Å²) >= 11 is 0. The summed E-state index contributed by atoms with van der Waals surface area (Å²) in [6, 6.07) is 8.65. The Bertz CT molecular complexity index is 946. The van der Waals surface area contributed by atoms with E-state index < -0.39 is 0 Å². The molecule has 164 valence electrons. The molecule has 0 bridgehead atoms. The average molecular weight is 424 g/mol. The fraction of sp³-hybridized carbons (Fsp3) is 0.520. The molecule has 0 atom stereocenters. The van der Waals surface area contributed by atoms with E-state index in [0.717, 1.165) is 61.7 Å². The smallest absolute Gasteiger partial charge is 0.272 e. The minimum absolute atomic E-state index is 0.00746. The van der Waals surface area contributed by atoms with Crippen molar-refractivity contribution in [2.24, 2.45) is 5.92 Å². The molecule has 3 aliphatic rings. The number of aryl methyl sites for hydroxylation is 1. The van der Waals surface area contributed by atoms with E-state index in [-0.39, 0.29) is 17.3 Å². The Morgan fingerprint density at radius 2 is 1.87 bits per heavy atom. The minimum atomic E-state index is -0.246. The highest BCUT2D eigenvalue weighted by Crippen LogP contribution is 2.39. The van der Waals surface area contributed by atoms with E-state index in [1.807, 2.05) is 23.2 Å². The van der Waals surface area contributed by atoms with E-state index in [1.54, 1.807) is 12.1 Å². The Hall–Kier alpha value is -2.63. The zero-order chi connectivity index (χ0) is 21.4. The third-order valence-corrected chi connectivity index (χ3v) is 7.28. The number of carbonyl (C=O) groups is 1. The van der Waals surface area contributed by atoms with Crippen LogP contribution >= 0.6 is 0 Å². The number of hydrogen-bond donors (Lipinski definition) is 0. The number of benzene rings is 1. The van der Waals surface area contributed by atoms with Crippen molar-refractivity contribution >= 4 is 11.6 Å². The summed E-state index contributed by atoms with van der Waals surface area (Å²) in [4.78, 5) is 21.7. The highest BCUT2D eigenvalue weighted by atomic mass is 19.1. The molecule has 1 amide bonds. The Labute approximate surface area is 183 Å². The molecule has 5 nitrogen and oxygen atoms in total. The number of ether oxygens (including phenoxy) is 1. The van der Waals surface area contributed by atoms with Gasteiger partial charge in [0.25, 0.3) is 5.91 Å². The fourth-order valence-corrected chi connectivity index (χ4v) is 5.09. The molecule has 0 aliphatic carbocycles. The van der Waals surface area contributed by atoms with Gasteiger partial charge in [0.2, 0.25) is 0 Å². The van der Waals surface area contributed by atoms with E-state index in [1.165, 1.54) is 18.9 Å². The zero-order valence-corrected chi connectivity index (χ0v) is 18.1. The second-order valence-corrected chi connectivity index (χ2v) is 9.40. The van der Waals surface area contributed by atoms with Crippen LogP contribution in [0.1, 0.15) is 55.1 Å². The normalized spacial score (nSPS) is 21.0. The lowest BCUT2D eigenvalue weighted by atomic mass is 9.83. The predicted octanol–water partition coefficient (Wildman–Crippen LogP) is 4.46. The van der Waals surface area contributed by atoms with Gasteiger partial charge in [0.1, 0.15) is 22.9 Å². The summed E-state index contributed by atoms with van der Waals surface area (Å²) in [5, 5.41) is 0. The van der Waals surface area contributed by atoms with Crippen LogP contribution in [0.25, 0.3) is 0 Å². The number of carbonyl (C=O) groups excluding carboxylic acids is 1. The summed E-state index contributed by atoms with van der Waals surface area (Å²) in [6.45, 7) is 5.73. The van der Waals surface area contributed by atoms with Gasteiger partial charge in [0.15, 0.2) is 0 Å². The third-order valence-electron chi connectivity index (χ3n) is 7.28. The van der Waals surface area contributed by atoms with Crippen LogP contribution in [-0.4, -0.2) is 47.6 Å². The molecule has 1 aromatic heterocycles. The molecule has 5 rings (SSSR count). The molecule has 1 spiro atoms. The molecule has 2 saturated heterocycles. The SMILES string of the molecule is CC1CCN(c2ccc(C(=O)N3CCC4(CCc5cc(F)ccc5O4)CC3)nc2)CC1. The lowest BCUT2D eigenvalue weighted by molar-refractivity contribution is -0.0109. The molecule has 2 fully saturated rings. The van der Waals surface area contributed by atoms with Gasteiger partial charge >= 0.3 is 0 Å². The first-order chi connectivity index (χ1) is 15.0. The summed E-state index contributed by atoms with van der Waals surface area (Å²) in [5.74, 6) is 1.35. The first-order valence-corrected chi connectivity index (χ1v) is 11.5. The van der Waals surface area contributed by atoms with Crippen LogP contribution in [0, 0.1) is 11.7 Å². The number of aromatic nitrogens is 1. The highest BCUT2D eigenvalue weighted by molar-refractivity contribution is 5.92. The number of likely N-dealkylation sites (tertiary alicyclic amines) is 1. The number of pyridine rings is 1. The van der Waals surface area contributed by atoms with Gasteiger partial charge < -0.3 is 14.5 Å².